The summed E-state index contributed by atoms with van der Waals surface area (Å²) in [5.74, 6) is -0.209. The zero-order valence-corrected chi connectivity index (χ0v) is 6.93. The molecule has 0 saturated heterocycles. The average Bonchev–Trinajstić information content (AvgIpc) is 2.08. The SMILES string of the molecule is Nc1ncccc1OCCC(=O)O. The number of hydrogen-bond acceptors (Lipinski definition) is 4. The van der Waals surface area contributed by atoms with Crippen molar-refractivity contribution in [2.45, 2.75) is 6.42 Å². The molecule has 13 heavy (non-hydrogen) atoms. The molecule has 3 N–H and O–H groups in total. The van der Waals surface area contributed by atoms with Crippen molar-refractivity contribution >= 4 is 11.8 Å². The largest absolute Gasteiger partial charge is 0.489 e. The predicted octanol–water partition coefficient (Wildman–Crippen LogP) is 0.517. The third kappa shape index (κ3) is 2.98. The number of nitrogens with zero attached hydrogens (tertiary/aromatic N) is 1. The minimum Gasteiger partial charge on any atom is -0.489 e. The van der Waals surface area contributed by atoms with E-state index in [0.29, 0.717) is 5.75 Å². The maximum atomic E-state index is 10.1. The summed E-state index contributed by atoms with van der Waals surface area (Å²) < 4.78 is 5.08. The number of carbonyl (C=O) groups is 1. The number of nitrogens with two attached hydrogens (primary N) is 1. The van der Waals surface area contributed by atoms with E-state index in [1.165, 1.54) is 0 Å². The molecule has 0 bridgehead atoms. The van der Waals surface area contributed by atoms with Crippen LogP contribution in [0.5, 0.6) is 5.75 Å². The molecule has 0 aromatic carbocycles. The summed E-state index contributed by atoms with van der Waals surface area (Å²) in [4.78, 5) is 13.9. The van der Waals surface area contributed by atoms with Crippen LogP contribution in [0.3, 0.4) is 0 Å². The number of anilines is 1. The van der Waals surface area contributed by atoms with Gasteiger partial charge in [0.25, 0.3) is 0 Å². The number of aliphatic carboxylic acids is 1. The van der Waals surface area contributed by atoms with Gasteiger partial charge in [-0.3, -0.25) is 4.79 Å². The fraction of sp³-hybridized carbons (Fsp3) is 0.250. The highest BCUT2D eigenvalue weighted by molar-refractivity contribution is 5.66. The van der Waals surface area contributed by atoms with E-state index in [1.807, 2.05) is 0 Å². The highest BCUT2D eigenvalue weighted by Gasteiger charge is 2.01. The Balaban J connectivity index is 2.45. The third-order valence-corrected chi connectivity index (χ3v) is 1.37. The fourth-order valence-corrected chi connectivity index (χ4v) is 0.773. The molecule has 1 aromatic rings. The first-order valence-electron chi connectivity index (χ1n) is 3.75. The Hall–Kier alpha value is -1.78. The summed E-state index contributed by atoms with van der Waals surface area (Å²) in [6.07, 6.45) is 1.49. The molecule has 0 radical (unpaired) electrons. The number of rotatable bonds is 4. The lowest BCUT2D eigenvalue weighted by Crippen LogP contribution is -2.06. The number of ether oxygens (including phenoxy) is 1. The normalized spacial score (nSPS) is 9.54. The van der Waals surface area contributed by atoms with Crippen LogP contribution in [0.15, 0.2) is 18.3 Å². The first kappa shape index (κ1) is 9.31. The number of hydrogen-bond donors (Lipinski definition) is 2. The van der Waals surface area contributed by atoms with Gasteiger partial charge < -0.3 is 15.6 Å². The lowest BCUT2D eigenvalue weighted by molar-refractivity contribution is -0.137. The molecule has 0 fully saturated rings. The molecule has 5 heteroatoms. The van der Waals surface area contributed by atoms with Gasteiger partial charge in [-0.25, -0.2) is 4.98 Å². The van der Waals surface area contributed by atoms with Crippen molar-refractivity contribution in [2.24, 2.45) is 0 Å². The molecule has 0 aliphatic rings. The second-order valence-corrected chi connectivity index (χ2v) is 2.38. The second-order valence-electron chi connectivity index (χ2n) is 2.38. The lowest BCUT2D eigenvalue weighted by atomic mass is 10.4. The monoisotopic (exact) mass is 182 g/mol. The molecule has 0 saturated carbocycles. The maximum absolute atomic E-state index is 10.1. The first-order valence-corrected chi connectivity index (χ1v) is 3.75. The second kappa shape index (κ2) is 4.30. The summed E-state index contributed by atoms with van der Waals surface area (Å²) >= 11 is 0. The Labute approximate surface area is 75.2 Å². The number of aromatic nitrogens is 1. The predicted molar refractivity (Wildman–Crippen MR) is 46.4 cm³/mol. The van der Waals surface area contributed by atoms with Crippen molar-refractivity contribution in [3.05, 3.63) is 18.3 Å². The van der Waals surface area contributed by atoms with Gasteiger partial charge >= 0.3 is 5.97 Å². The highest BCUT2D eigenvalue weighted by atomic mass is 16.5. The number of carboxylic acids is 1. The van der Waals surface area contributed by atoms with E-state index in [-0.39, 0.29) is 18.8 Å². The zero-order valence-electron chi connectivity index (χ0n) is 6.93. The van der Waals surface area contributed by atoms with Gasteiger partial charge in [0.05, 0.1) is 13.0 Å². The van der Waals surface area contributed by atoms with Gasteiger partial charge in [-0.05, 0) is 12.1 Å². The highest BCUT2D eigenvalue weighted by Crippen LogP contribution is 2.16. The molecule has 0 spiro atoms. The molecular formula is C8H10N2O3. The van der Waals surface area contributed by atoms with E-state index < -0.39 is 5.97 Å². The topological polar surface area (TPSA) is 85.4 Å². The Morgan fingerprint density at radius 2 is 2.46 bits per heavy atom. The smallest absolute Gasteiger partial charge is 0.306 e. The van der Waals surface area contributed by atoms with Gasteiger partial charge in [0.15, 0.2) is 11.6 Å². The van der Waals surface area contributed by atoms with Crippen molar-refractivity contribution in [1.29, 1.82) is 0 Å². The van der Waals surface area contributed by atoms with E-state index in [2.05, 4.69) is 4.98 Å². The summed E-state index contributed by atoms with van der Waals surface area (Å²) in [5.41, 5.74) is 5.45. The number of nitrogen functional groups attached to an aromatic ring is 1. The van der Waals surface area contributed by atoms with E-state index in [1.54, 1.807) is 18.3 Å². The Morgan fingerprint density at radius 3 is 3.08 bits per heavy atom. The fourth-order valence-electron chi connectivity index (χ4n) is 0.773. The minimum atomic E-state index is -0.900. The van der Waals surface area contributed by atoms with E-state index >= 15 is 0 Å². The molecule has 1 heterocycles. The molecule has 0 aliphatic carbocycles. The summed E-state index contributed by atoms with van der Waals surface area (Å²) in [7, 11) is 0. The number of carboxylic acid groups (broad SMARTS) is 1. The van der Waals surface area contributed by atoms with Crippen LogP contribution < -0.4 is 10.5 Å². The van der Waals surface area contributed by atoms with E-state index in [4.69, 9.17) is 15.6 Å². The van der Waals surface area contributed by atoms with Crippen molar-refractivity contribution in [3.63, 3.8) is 0 Å². The molecule has 0 amide bonds. The van der Waals surface area contributed by atoms with Crippen molar-refractivity contribution in [1.82, 2.24) is 4.98 Å². The van der Waals surface area contributed by atoms with Crippen LogP contribution in [0, 0.1) is 0 Å². The summed E-state index contributed by atoms with van der Waals surface area (Å²) in [5, 5.41) is 8.33. The van der Waals surface area contributed by atoms with E-state index in [0.717, 1.165) is 0 Å². The molecule has 5 nitrogen and oxygen atoms in total. The Morgan fingerprint density at radius 1 is 1.69 bits per heavy atom. The Bertz CT molecular complexity index is 301. The zero-order chi connectivity index (χ0) is 9.68. The Kier molecular flexibility index (Phi) is 3.08. The maximum Gasteiger partial charge on any atom is 0.306 e. The minimum absolute atomic E-state index is 0.0473. The van der Waals surface area contributed by atoms with Gasteiger partial charge in [-0.2, -0.15) is 0 Å². The average molecular weight is 182 g/mol. The van der Waals surface area contributed by atoms with Gasteiger partial charge in [0.2, 0.25) is 0 Å². The standard InChI is InChI=1S/C8H10N2O3/c9-8-6(2-1-4-10-8)13-5-3-7(11)12/h1-2,4H,3,5H2,(H2,9,10)(H,11,12). The van der Waals surface area contributed by atoms with Crippen molar-refractivity contribution < 1.29 is 14.6 Å². The third-order valence-electron chi connectivity index (χ3n) is 1.37. The van der Waals surface area contributed by atoms with Crippen molar-refractivity contribution in [3.8, 4) is 5.75 Å². The lowest BCUT2D eigenvalue weighted by Gasteiger charge is -2.05. The molecule has 0 unspecified atom stereocenters. The van der Waals surface area contributed by atoms with Crippen LogP contribution in [0.2, 0.25) is 0 Å². The van der Waals surface area contributed by atoms with Gasteiger partial charge in [0, 0.05) is 6.20 Å². The molecule has 1 rings (SSSR count). The molecule has 0 atom stereocenters. The number of pyridine rings is 1. The van der Waals surface area contributed by atoms with Crippen LogP contribution in [-0.4, -0.2) is 22.7 Å². The van der Waals surface area contributed by atoms with Crippen LogP contribution in [0.1, 0.15) is 6.42 Å². The van der Waals surface area contributed by atoms with Crippen molar-refractivity contribution in [2.75, 3.05) is 12.3 Å². The van der Waals surface area contributed by atoms with Gasteiger partial charge in [0.1, 0.15) is 0 Å². The van der Waals surface area contributed by atoms with E-state index in [9.17, 15) is 4.79 Å². The van der Waals surface area contributed by atoms with Crippen LogP contribution in [-0.2, 0) is 4.79 Å². The van der Waals surface area contributed by atoms with Gasteiger partial charge in [-0.1, -0.05) is 0 Å². The molecule has 70 valence electrons. The quantitative estimate of drug-likeness (QED) is 0.708. The summed E-state index contributed by atoms with van der Waals surface area (Å²) in [6.45, 7) is 0.102. The first-order chi connectivity index (χ1) is 6.20. The molecule has 1 aromatic heterocycles. The summed E-state index contributed by atoms with van der Waals surface area (Å²) in [6, 6.07) is 3.32. The van der Waals surface area contributed by atoms with Crippen LogP contribution in [0.25, 0.3) is 0 Å². The van der Waals surface area contributed by atoms with Crippen LogP contribution in [0.4, 0.5) is 5.82 Å². The van der Waals surface area contributed by atoms with Gasteiger partial charge in [-0.15, -0.1) is 0 Å². The molecular weight excluding hydrogens is 172 g/mol. The molecule has 0 aliphatic heterocycles. The van der Waals surface area contributed by atoms with Crippen LogP contribution >= 0.6 is 0 Å².